The largest absolute Gasteiger partial charge is 0.336 e. The van der Waals surface area contributed by atoms with Crippen molar-refractivity contribution in [2.45, 2.75) is 18.9 Å². The number of amides is 1. The van der Waals surface area contributed by atoms with Crippen LogP contribution < -0.4 is 0 Å². The molecule has 0 radical (unpaired) electrons. The summed E-state index contributed by atoms with van der Waals surface area (Å²) in [6, 6.07) is 12.2. The molecule has 0 aliphatic carbocycles. The van der Waals surface area contributed by atoms with E-state index in [2.05, 4.69) is 10.1 Å². The van der Waals surface area contributed by atoms with E-state index in [1.54, 1.807) is 12.4 Å². The van der Waals surface area contributed by atoms with Crippen molar-refractivity contribution >= 4 is 17.2 Å². The number of benzene rings is 1. The third kappa shape index (κ3) is 2.97. The second kappa shape index (κ2) is 6.57. The molecular formula is C18H18N4OS. The van der Waals surface area contributed by atoms with E-state index in [1.165, 1.54) is 11.3 Å². The van der Waals surface area contributed by atoms with Crippen LogP contribution >= 0.6 is 11.3 Å². The van der Waals surface area contributed by atoms with Crippen LogP contribution in [0.2, 0.25) is 0 Å². The van der Waals surface area contributed by atoms with Crippen LogP contribution in [-0.2, 0) is 0 Å². The number of rotatable bonds is 3. The van der Waals surface area contributed by atoms with Gasteiger partial charge in [0.1, 0.15) is 9.88 Å². The topological polar surface area (TPSA) is 51.0 Å². The van der Waals surface area contributed by atoms with Gasteiger partial charge in [-0.05, 0) is 18.9 Å². The zero-order chi connectivity index (χ0) is 16.4. The fourth-order valence-electron chi connectivity index (χ4n) is 3.09. The van der Waals surface area contributed by atoms with Gasteiger partial charge in [-0.25, -0.2) is 4.98 Å². The number of hydrogen-bond acceptors (Lipinski definition) is 4. The molecule has 5 nitrogen and oxygen atoms in total. The Morgan fingerprint density at radius 3 is 2.88 bits per heavy atom. The van der Waals surface area contributed by atoms with E-state index in [-0.39, 0.29) is 11.9 Å². The van der Waals surface area contributed by atoms with E-state index in [0.29, 0.717) is 11.4 Å². The average molecular weight is 338 g/mol. The number of carbonyl (C=O) groups excluding carboxylic acids is 1. The SMILES string of the molecule is O=C(c1cnc(-c2ccccc2)s1)N1CCCC(n2cccn2)C1. The molecule has 3 aromatic rings. The predicted molar refractivity (Wildman–Crippen MR) is 94.0 cm³/mol. The fourth-order valence-corrected chi connectivity index (χ4v) is 3.98. The van der Waals surface area contributed by atoms with Gasteiger partial charge < -0.3 is 4.90 Å². The third-order valence-corrected chi connectivity index (χ3v) is 5.35. The van der Waals surface area contributed by atoms with Gasteiger partial charge in [-0.15, -0.1) is 11.3 Å². The Morgan fingerprint density at radius 2 is 2.08 bits per heavy atom. The van der Waals surface area contributed by atoms with E-state index in [1.807, 2.05) is 52.2 Å². The summed E-state index contributed by atoms with van der Waals surface area (Å²) in [7, 11) is 0. The van der Waals surface area contributed by atoms with Crippen LogP contribution in [-0.4, -0.2) is 38.7 Å². The summed E-state index contributed by atoms with van der Waals surface area (Å²) in [5.41, 5.74) is 1.05. The minimum atomic E-state index is 0.0755. The number of hydrogen-bond donors (Lipinski definition) is 0. The number of nitrogens with zero attached hydrogens (tertiary/aromatic N) is 4. The molecule has 3 heterocycles. The molecule has 4 rings (SSSR count). The second-order valence-electron chi connectivity index (χ2n) is 5.93. The number of thiazole rings is 1. The van der Waals surface area contributed by atoms with E-state index in [4.69, 9.17) is 0 Å². The monoisotopic (exact) mass is 338 g/mol. The highest BCUT2D eigenvalue weighted by atomic mass is 32.1. The van der Waals surface area contributed by atoms with Gasteiger partial charge in [-0.2, -0.15) is 5.10 Å². The quantitative estimate of drug-likeness (QED) is 0.734. The molecule has 1 aromatic carbocycles. The summed E-state index contributed by atoms with van der Waals surface area (Å²) in [4.78, 5) is 19.9. The van der Waals surface area contributed by atoms with Gasteiger partial charge in [0.2, 0.25) is 0 Å². The van der Waals surface area contributed by atoms with Crippen molar-refractivity contribution < 1.29 is 4.79 Å². The minimum Gasteiger partial charge on any atom is -0.336 e. The Balaban J connectivity index is 1.50. The van der Waals surface area contributed by atoms with Crippen LogP contribution in [0.3, 0.4) is 0 Å². The molecule has 1 fully saturated rings. The average Bonchev–Trinajstić information content (AvgIpc) is 3.34. The Kier molecular flexibility index (Phi) is 4.13. The van der Waals surface area contributed by atoms with E-state index in [0.717, 1.165) is 30.0 Å². The lowest BCUT2D eigenvalue weighted by atomic mass is 10.1. The summed E-state index contributed by atoms with van der Waals surface area (Å²) < 4.78 is 1.96. The van der Waals surface area contributed by atoms with E-state index < -0.39 is 0 Å². The zero-order valence-electron chi connectivity index (χ0n) is 13.2. The van der Waals surface area contributed by atoms with Crippen LogP contribution in [0.25, 0.3) is 10.6 Å². The number of aromatic nitrogens is 3. The first-order valence-electron chi connectivity index (χ1n) is 8.11. The smallest absolute Gasteiger partial charge is 0.265 e. The normalized spacial score (nSPS) is 17.8. The second-order valence-corrected chi connectivity index (χ2v) is 6.96. The lowest BCUT2D eigenvalue weighted by Crippen LogP contribution is -2.40. The maximum Gasteiger partial charge on any atom is 0.265 e. The molecular weight excluding hydrogens is 320 g/mol. The molecule has 1 saturated heterocycles. The van der Waals surface area contributed by atoms with Crippen LogP contribution in [0.15, 0.2) is 55.0 Å². The van der Waals surface area contributed by atoms with Crippen molar-refractivity contribution in [3.8, 4) is 10.6 Å². The first-order valence-corrected chi connectivity index (χ1v) is 8.92. The highest BCUT2D eigenvalue weighted by Gasteiger charge is 2.26. The molecule has 0 bridgehead atoms. The molecule has 1 amide bonds. The molecule has 122 valence electrons. The molecule has 0 saturated carbocycles. The number of piperidine rings is 1. The molecule has 1 aliphatic heterocycles. The highest BCUT2D eigenvalue weighted by molar-refractivity contribution is 7.16. The molecule has 24 heavy (non-hydrogen) atoms. The third-order valence-electron chi connectivity index (χ3n) is 4.32. The van der Waals surface area contributed by atoms with Crippen LogP contribution in [0.1, 0.15) is 28.6 Å². The van der Waals surface area contributed by atoms with Gasteiger partial charge in [-0.3, -0.25) is 9.48 Å². The molecule has 1 atom stereocenters. The number of likely N-dealkylation sites (tertiary alicyclic amines) is 1. The van der Waals surface area contributed by atoms with Crippen LogP contribution in [0.4, 0.5) is 0 Å². The van der Waals surface area contributed by atoms with Gasteiger partial charge in [0.15, 0.2) is 0 Å². The molecule has 0 N–H and O–H groups in total. The molecule has 2 aromatic heterocycles. The van der Waals surface area contributed by atoms with Crippen molar-refractivity contribution in [3.63, 3.8) is 0 Å². The van der Waals surface area contributed by atoms with Crippen LogP contribution in [0, 0.1) is 0 Å². The van der Waals surface area contributed by atoms with E-state index in [9.17, 15) is 4.79 Å². The Labute approximate surface area is 144 Å². The van der Waals surface area contributed by atoms with Crippen molar-refractivity contribution in [2.75, 3.05) is 13.1 Å². The van der Waals surface area contributed by atoms with Crippen molar-refractivity contribution in [2.24, 2.45) is 0 Å². The van der Waals surface area contributed by atoms with Crippen molar-refractivity contribution in [1.29, 1.82) is 0 Å². The first-order chi connectivity index (χ1) is 11.8. The minimum absolute atomic E-state index is 0.0755. The summed E-state index contributed by atoms with van der Waals surface area (Å²) in [6.07, 6.45) is 7.52. The summed E-state index contributed by atoms with van der Waals surface area (Å²) in [5, 5.41) is 5.21. The maximum atomic E-state index is 12.8. The predicted octanol–water partition coefficient (Wildman–Crippen LogP) is 3.48. The maximum absolute atomic E-state index is 12.8. The van der Waals surface area contributed by atoms with Gasteiger partial charge in [0, 0.05) is 31.0 Å². The van der Waals surface area contributed by atoms with Crippen molar-refractivity contribution in [3.05, 3.63) is 59.9 Å². The standard InChI is InChI=1S/C18H18N4OS/c23-18(16-12-19-17(24-16)14-6-2-1-3-7-14)21-10-4-8-15(13-21)22-11-5-9-20-22/h1-3,5-7,9,11-12,15H,4,8,10,13H2. The van der Waals surface area contributed by atoms with Gasteiger partial charge in [0.25, 0.3) is 5.91 Å². The summed E-state index contributed by atoms with van der Waals surface area (Å²) in [6.45, 7) is 1.51. The fraction of sp³-hybridized carbons (Fsp3) is 0.278. The Hall–Kier alpha value is -2.47. The van der Waals surface area contributed by atoms with Gasteiger partial charge in [-0.1, -0.05) is 30.3 Å². The van der Waals surface area contributed by atoms with Crippen molar-refractivity contribution in [1.82, 2.24) is 19.7 Å². The lowest BCUT2D eigenvalue weighted by molar-refractivity contribution is 0.0677. The van der Waals surface area contributed by atoms with E-state index >= 15 is 0 Å². The Bertz CT molecular complexity index is 813. The highest BCUT2D eigenvalue weighted by Crippen LogP contribution is 2.28. The van der Waals surface area contributed by atoms with Crippen LogP contribution in [0.5, 0.6) is 0 Å². The Morgan fingerprint density at radius 1 is 1.21 bits per heavy atom. The molecule has 1 aliphatic rings. The summed E-state index contributed by atoms with van der Waals surface area (Å²) in [5.74, 6) is 0.0755. The van der Waals surface area contributed by atoms with Gasteiger partial charge >= 0.3 is 0 Å². The number of carbonyl (C=O) groups is 1. The molecule has 6 heteroatoms. The molecule has 1 unspecified atom stereocenters. The molecule has 0 spiro atoms. The first kappa shape index (κ1) is 15.1. The zero-order valence-corrected chi connectivity index (χ0v) is 14.0. The summed E-state index contributed by atoms with van der Waals surface area (Å²) >= 11 is 1.46. The lowest BCUT2D eigenvalue weighted by Gasteiger charge is -2.32. The van der Waals surface area contributed by atoms with Gasteiger partial charge in [0.05, 0.1) is 12.2 Å².